The first-order chi connectivity index (χ1) is 15.8. The van der Waals surface area contributed by atoms with Gasteiger partial charge in [0.15, 0.2) is 5.13 Å². The van der Waals surface area contributed by atoms with Crippen LogP contribution < -0.4 is 15.5 Å². The quantitative estimate of drug-likeness (QED) is 0.510. The monoisotopic (exact) mass is 485 g/mol. The SMILES string of the molecule is CN(Cc1ccccc1)S(=O)(=O)c1ccc(NC(=O)Cc2csc(N3CCNC3=O)n2)cc1. The molecule has 0 unspecified atom stereocenters. The number of carbonyl (C=O) groups is 2. The van der Waals surface area contributed by atoms with Crippen molar-refractivity contribution < 1.29 is 18.0 Å². The van der Waals surface area contributed by atoms with Gasteiger partial charge in [-0.15, -0.1) is 11.3 Å². The van der Waals surface area contributed by atoms with Gasteiger partial charge >= 0.3 is 6.03 Å². The Balaban J connectivity index is 1.35. The highest BCUT2D eigenvalue weighted by molar-refractivity contribution is 7.89. The Kier molecular flexibility index (Phi) is 6.72. The first-order valence-electron chi connectivity index (χ1n) is 10.2. The molecule has 0 atom stereocenters. The third-order valence-corrected chi connectivity index (χ3v) is 7.79. The van der Waals surface area contributed by atoms with Crippen LogP contribution in [0.4, 0.5) is 15.6 Å². The van der Waals surface area contributed by atoms with Gasteiger partial charge in [0.2, 0.25) is 15.9 Å². The number of urea groups is 1. The molecule has 3 amide bonds. The minimum absolute atomic E-state index is 0.0474. The number of benzene rings is 2. The van der Waals surface area contributed by atoms with Crippen molar-refractivity contribution in [2.24, 2.45) is 0 Å². The van der Waals surface area contributed by atoms with Crippen LogP contribution in [-0.4, -0.2) is 49.8 Å². The lowest BCUT2D eigenvalue weighted by molar-refractivity contribution is -0.115. The van der Waals surface area contributed by atoms with Crippen molar-refractivity contribution in [3.8, 4) is 0 Å². The molecule has 0 spiro atoms. The second kappa shape index (κ2) is 9.69. The normalized spacial score (nSPS) is 13.9. The summed E-state index contributed by atoms with van der Waals surface area (Å²) < 4.78 is 27.0. The first kappa shape index (κ1) is 22.9. The number of thiazole rings is 1. The van der Waals surface area contributed by atoms with Gasteiger partial charge in [0.05, 0.1) is 17.0 Å². The van der Waals surface area contributed by atoms with Crippen LogP contribution in [0, 0.1) is 0 Å². The topological polar surface area (TPSA) is 112 Å². The van der Waals surface area contributed by atoms with E-state index in [4.69, 9.17) is 0 Å². The maximum atomic E-state index is 12.8. The fourth-order valence-electron chi connectivity index (χ4n) is 3.34. The van der Waals surface area contributed by atoms with Gasteiger partial charge in [-0.1, -0.05) is 30.3 Å². The van der Waals surface area contributed by atoms with E-state index >= 15 is 0 Å². The minimum Gasteiger partial charge on any atom is -0.336 e. The molecule has 2 aromatic carbocycles. The van der Waals surface area contributed by atoms with Gasteiger partial charge in [-0.05, 0) is 29.8 Å². The van der Waals surface area contributed by atoms with E-state index in [1.54, 1.807) is 22.4 Å². The predicted octanol–water partition coefficient (Wildman–Crippen LogP) is 2.67. The average Bonchev–Trinajstić information content (AvgIpc) is 3.43. The van der Waals surface area contributed by atoms with E-state index < -0.39 is 10.0 Å². The molecule has 0 radical (unpaired) electrons. The highest BCUT2D eigenvalue weighted by Gasteiger charge is 2.24. The van der Waals surface area contributed by atoms with Crippen LogP contribution in [0.15, 0.2) is 64.9 Å². The zero-order valence-corrected chi connectivity index (χ0v) is 19.5. The number of hydrogen-bond donors (Lipinski definition) is 2. The molecule has 2 heterocycles. The van der Waals surface area contributed by atoms with Crippen LogP contribution in [-0.2, 0) is 27.8 Å². The number of anilines is 2. The Labute approximate surface area is 196 Å². The van der Waals surface area contributed by atoms with Crippen molar-refractivity contribution in [1.82, 2.24) is 14.6 Å². The summed E-state index contributed by atoms with van der Waals surface area (Å²) in [5.74, 6) is -0.283. The number of amides is 3. The largest absolute Gasteiger partial charge is 0.336 e. The van der Waals surface area contributed by atoms with Gasteiger partial charge in [-0.25, -0.2) is 18.2 Å². The van der Waals surface area contributed by atoms with E-state index in [9.17, 15) is 18.0 Å². The van der Waals surface area contributed by atoms with Crippen molar-refractivity contribution in [3.05, 3.63) is 71.2 Å². The van der Waals surface area contributed by atoms with Gasteiger partial charge < -0.3 is 10.6 Å². The lowest BCUT2D eigenvalue weighted by Crippen LogP contribution is -2.27. The maximum absolute atomic E-state index is 12.8. The van der Waals surface area contributed by atoms with Crippen molar-refractivity contribution in [2.75, 3.05) is 30.4 Å². The highest BCUT2D eigenvalue weighted by atomic mass is 32.2. The molecule has 9 nitrogen and oxygen atoms in total. The number of nitrogens with zero attached hydrogens (tertiary/aromatic N) is 3. The van der Waals surface area contributed by atoms with Crippen molar-refractivity contribution in [1.29, 1.82) is 0 Å². The van der Waals surface area contributed by atoms with Crippen LogP contribution >= 0.6 is 11.3 Å². The Hall–Kier alpha value is -3.28. The molecule has 3 aromatic rings. The van der Waals surface area contributed by atoms with Crippen LogP contribution in [0.25, 0.3) is 0 Å². The van der Waals surface area contributed by atoms with E-state index in [-0.39, 0.29) is 29.8 Å². The zero-order valence-electron chi connectivity index (χ0n) is 17.9. The summed E-state index contributed by atoms with van der Waals surface area (Å²) in [5, 5.41) is 7.77. The van der Waals surface area contributed by atoms with E-state index in [0.29, 0.717) is 29.6 Å². The molecular formula is C22H23N5O4S2. The summed E-state index contributed by atoms with van der Waals surface area (Å²) >= 11 is 1.31. The molecule has 1 fully saturated rings. The third kappa shape index (κ3) is 5.38. The predicted molar refractivity (Wildman–Crippen MR) is 127 cm³/mol. The summed E-state index contributed by atoms with van der Waals surface area (Å²) in [7, 11) is -2.13. The molecule has 0 aliphatic carbocycles. The minimum atomic E-state index is -3.67. The molecule has 11 heteroatoms. The summed E-state index contributed by atoms with van der Waals surface area (Å²) in [5.41, 5.74) is 1.94. The standard InChI is InChI=1S/C22H23N5O4S2/c1-26(14-16-5-3-2-4-6-16)33(30,31)19-9-7-17(8-10-19)24-20(28)13-18-15-32-22(25-18)27-12-11-23-21(27)29/h2-10,15H,11-14H2,1H3,(H,23,29)(H,24,28). The van der Waals surface area contributed by atoms with E-state index in [1.165, 1.54) is 34.8 Å². The number of hydrogen-bond acceptors (Lipinski definition) is 6. The molecule has 1 aliphatic heterocycles. The van der Waals surface area contributed by atoms with E-state index in [0.717, 1.165) is 5.56 Å². The Morgan fingerprint density at radius 2 is 1.91 bits per heavy atom. The molecule has 0 saturated carbocycles. The van der Waals surface area contributed by atoms with Crippen LogP contribution in [0.1, 0.15) is 11.3 Å². The number of carbonyl (C=O) groups excluding carboxylic acids is 2. The first-order valence-corrected chi connectivity index (χ1v) is 12.5. The summed E-state index contributed by atoms with van der Waals surface area (Å²) in [6, 6.07) is 15.2. The smallest absolute Gasteiger partial charge is 0.323 e. The average molecular weight is 486 g/mol. The van der Waals surface area contributed by atoms with Gasteiger partial charge in [-0.2, -0.15) is 4.31 Å². The Morgan fingerprint density at radius 3 is 2.58 bits per heavy atom. The third-order valence-electron chi connectivity index (χ3n) is 5.06. The maximum Gasteiger partial charge on any atom is 0.323 e. The second-order valence-electron chi connectivity index (χ2n) is 7.50. The molecule has 1 aromatic heterocycles. The van der Waals surface area contributed by atoms with Crippen molar-refractivity contribution in [3.63, 3.8) is 0 Å². The second-order valence-corrected chi connectivity index (χ2v) is 10.4. The zero-order chi connectivity index (χ0) is 23.4. The number of rotatable bonds is 8. The van der Waals surface area contributed by atoms with Crippen LogP contribution in [0.3, 0.4) is 0 Å². The molecule has 0 bridgehead atoms. The van der Waals surface area contributed by atoms with Crippen LogP contribution in [0.2, 0.25) is 0 Å². The summed E-state index contributed by atoms with van der Waals surface area (Å²) in [4.78, 5) is 30.2. The summed E-state index contributed by atoms with van der Waals surface area (Å²) in [6.45, 7) is 1.38. The molecule has 33 heavy (non-hydrogen) atoms. The fraction of sp³-hybridized carbons (Fsp3) is 0.227. The highest BCUT2D eigenvalue weighted by Crippen LogP contribution is 2.23. The lowest BCUT2D eigenvalue weighted by Gasteiger charge is -2.17. The number of nitrogens with one attached hydrogen (secondary N) is 2. The molecular weight excluding hydrogens is 462 g/mol. The number of sulfonamides is 1. The lowest BCUT2D eigenvalue weighted by atomic mass is 10.2. The molecule has 4 rings (SSSR count). The van der Waals surface area contributed by atoms with Crippen LogP contribution in [0.5, 0.6) is 0 Å². The Morgan fingerprint density at radius 1 is 1.18 bits per heavy atom. The molecule has 172 valence electrons. The fourth-order valence-corrected chi connectivity index (χ4v) is 5.35. The molecule has 1 aliphatic rings. The molecule has 1 saturated heterocycles. The van der Waals surface area contributed by atoms with Crippen molar-refractivity contribution >= 4 is 44.1 Å². The summed E-state index contributed by atoms with van der Waals surface area (Å²) in [6.07, 6.45) is 0.0474. The van der Waals surface area contributed by atoms with Gasteiger partial charge in [0.25, 0.3) is 0 Å². The molecule has 2 N–H and O–H groups in total. The van der Waals surface area contributed by atoms with Gasteiger partial charge in [-0.3, -0.25) is 9.69 Å². The van der Waals surface area contributed by atoms with E-state index in [1.807, 2.05) is 30.3 Å². The van der Waals surface area contributed by atoms with Crippen molar-refractivity contribution in [2.45, 2.75) is 17.9 Å². The Bertz CT molecular complexity index is 1240. The van der Waals surface area contributed by atoms with Gasteiger partial charge in [0, 0.05) is 37.7 Å². The van der Waals surface area contributed by atoms with Gasteiger partial charge in [0.1, 0.15) is 0 Å². The number of aromatic nitrogens is 1. The van der Waals surface area contributed by atoms with E-state index in [2.05, 4.69) is 15.6 Å².